The number of halogens is 1. The minimum Gasteiger partial charge on any atom is -1.00 e. The molecule has 23 heavy (non-hydrogen) atoms. The molecule has 0 radical (unpaired) electrons. The smallest absolute Gasteiger partial charge is 1.00 e. The van der Waals surface area contributed by atoms with Crippen LogP contribution in [0.5, 0.6) is 0 Å². The van der Waals surface area contributed by atoms with Crippen LogP contribution in [0.25, 0.3) is 0 Å². The number of hydrogen-bond acceptors (Lipinski definition) is 0. The zero-order valence-electron chi connectivity index (χ0n) is 14.5. The molecule has 8 aliphatic rings. The van der Waals surface area contributed by atoms with Gasteiger partial charge in [0.25, 0.3) is 0 Å². The molecule has 8 rings (SSSR count). The predicted octanol–water partition coefficient (Wildman–Crippen LogP) is 2.49. The van der Waals surface area contributed by atoms with Crippen molar-refractivity contribution in [2.24, 2.45) is 35.5 Å². The summed E-state index contributed by atoms with van der Waals surface area (Å²) < 4.78 is 0. The average molecular weight is 406 g/mol. The van der Waals surface area contributed by atoms with Gasteiger partial charge in [-0.2, -0.15) is 10.3 Å². The van der Waals surface area contributed by atoms with Crippen LogP contribution in [0, 0.1) is 35.5 Å². The Hall–Kier alpha value is 1.68. The normalized spacial score (nSPS) is 58.4. The van der Waals surface area contributed by atoms with Gasteiger partial charge in [-0.3, -0.25) is 0 Å². The van der Waals surface area contributed by atoms with Crippen LogP contribution >= 0.6 is 8.58 Å². The Balaban J connectivity index is 0.000000676. The second kappa shape index (κ2) is 6.10. The molecule has 0 aromatic carbocycles. The van der Waals surface area contributed by atoms with E-state index in [-0.39, 0.29) is 40.0 Å². The third kappa shape index (κ3) is 2.92. The summed E-state index contributed by atoms with van der Waals surface area (Å²) in [5.41, 5.74) is 0. The minimum atomic E-state index is 0. The summed E-state index contributed by atoms with van der Waals surface area (Å²) in [5, 5.41) is 1.64. The zero-order chi connectivity index (χ0) is 13.7. The Morgan fingerprint density at radius 2 is 0.696 bits per heavy atom. The SMILES string of the molecule is C1C2CC3CC1CC([P-]C14CC5CC(CC(C5)C1)C4)(C2)C3.[Br-].[Mg+2]. The first-order valence-electron chi connectivity index (χ1n) is 9.92. The van der Waals surface area contributed by atoms with Crippen molar-refractivity contribution in [2.45, 2.75) is 87.4 Å². The molecule has 8 fully saturated rings. The van der Waals surface area contributed by atoms with Crippen LogP contribution in [-0.4, -0.2) is 33.4 Å². The Labute approximate surface area is 170 Å². The van der Waals surface area contributed by atoms with Gasteiger partial charge in [0.05, 0.1) is 0 Å². The maximum atomic E-state index is 2.00. The van der Waals surface area contributed by atoms with Gasteiger partial charge >= 0.3 is 23.1 Å². The summed E-state index contributed by atoms with van der Waals surface area (Å²) in [6, 6.07) is 0. The molecule has 8 saturated carbocycles. The van der Waals surface area contributed by atoms with E-state index in [1.54, 1.807) is 77.0 Å². The maximum Gasteiger partial charge on any atom is 2.00 e. The molecule has 8 aliphatic carbocycles. The van der Waals surface area contributed by atoms with Gasteiger partial charge in [0.1, 0.15) is 0 Å². The standard InChI is InChI=1S/C20H30P.BrH.Mg/c1-13-2-15-3-14(1)8-19(7-13,9-15)21-20-10-16-4-17(11-20)6-18(5-16)12-20;;/h13-18H,1-12H2;1H;/q-1;;+2/p-1. The van der Waals surface area contributed by atoms with E-state index in [0.717, 1.165) is 45.8 Å². The van der Waals surface area contributed by atoms with Crippen LogP contribution in [0.4, 0.5) is 0 Å². The molecule has 0 atom stereocenters. The monoisotopic (exact) mass is 404 g/mol. The van der Waals surface area contributed by atoms with Gasteiger partial charge in [0.15, 0.2) is 0 Å². The molecule has 8 bridgehead atoms. The summed E-state index contributed by atoms with van der Waals surface area (Å²) in [5.74, 6) is 6.90. The van der Waals surface area contributed by atoms with Gasteiger partial charge < -0.3 is 25.6 Å². The first-order valence-corrected chi connectivity index (χ1v) is 10.8. The van der Waals surface area contributed by atoms with Crippen LogP contribution in [-0.2, 0) is 0 Å². The molecule has 0 aromatic rings. The van der Waals surface area contributed by atoms with Gasteiger partial charge in [-0.15, -0.1) is 0 Å². The van der Waals surface area contributed by atoms with Crippen molar-refractivity contribution < 1.29 is 17.0 Å². The molecule has 0 saturated heterocycles. The van der Waals surface area contributed by atoms with Gasteiger partial charge in [-0.25, -0.2) is 0 Å². The van der Waals surface area contributed by atoms with E-state index in [9.17, 15) is 0 Å². The van der Waals surface area contributed by atoms with E-state index in [1.807, 2.05) is 8.58 Å². The molecule has 0 unspecified atom stereocenters. The first-order chi connectivity index (χ1) is 10.2. The van der Waals surface area contributed by atoms with Gasteiger partial charge in [-0.1, -0.05) is 38.5 Å². The Morgan fingerprint density at radius 1 is 0.478 bits per heavy atom. The fraction of sp³-hybridized carbons (Fsp3) is 1.00. The van der Waals surface area contributed by atoms with E-state index in [1.165, 1.54) is 0 Å². The van der Waals surface area contributed by atoms with Crippen molar-refractivity contribution in [3.63, 3.8) is 0 Å². The van der Waals surface area contributed by atoms with Gasteiger partial charge in [0.2, 0.25) is 0 Å². The summed E-state index contributed by atoms with van der Waals surface area (Å²) >= 11 is 0. The maximum absolute atomic E-state index is 2.00. The molecule has 0 amide bonds. The second-order valence-electron chi connectivity index (χ2n) is 10.4. The van der Waals surface area contributed by atoms with Crippen LogP contribution in [0.15, 0.2) is 0 Å². The topological polar surface area (TPSA) is 0 Å². The molecular formula is C20H30BrMgP. The molecule has 0 N–H and O–H groups in total. The van der Waals surface area contributed by atoms with Gasteiger partial charge in [0, 0.05) is 0 Å². The summed E-state index contributed by atoms with van der Waals surface area (Å²) in [6.45, 7) is 0. The third-order valence-electron chi connectivity index (χ3n) is 8.49. The molecule has 0 aromatic heterocycles. The van der Waals surface area contributed by atoms with E-state index < -0.39 is 0 Å². The molecule has 0 heterocycles. The van der Waals surface area contributed by atoms with Crippen molar-refractivity contribution in [2.75, 3.05) is 0 Å². The average Bonchev–Trinajstić information content (AvgIpc) is 2.33. The van der Waals surface area contributed by atoms with E-state index in [0.29, 0.717) is 0 Å². The fourth-order valence-electron chi connectivity index (χ4n) is 8.91. The Morgan fingerprint density at radius 3 is 0.913 bits per heavy atom. The van der Waals surface area contributed by atoms with E-state index in [4.69, 9.17) is 0 Å². The largest absolute Gasteiger partial charge is 2.00 e. The summed E-state index contributed by atoms with van der Waals surface area (Å²) in [7, 11) is 2.00. The molecule has 0 nitrogen and oxygen atoms in total. The van der Waals surface area contributed by atoms with Crippen molar-refractivity contribution in [1.82, 2.24) is 0 Å². The van der Waals surface area contributed by atoms with Crippen molar-refractivity contribution in [3.05, 3.63) is 0 Å². The van der Waals surface area contributed by atoms with E-state index in [2.05, 4.69) is 0 Å². The van der Waals surface area contributed by atoms with Crippen LogP contribution in [0.1, 0.15) is 77.0 Å². The van der Waals surface area contributed by atoms with Crippen LogP contribution < -0.4 is 17.0 Å². The Bertz CT molecular complexity index is 364. The number of hydrogen-bond donors (Lipinski definition) is 0. The number of rotatable bonds is 2. The predicted molar refractivity (Wildman–Crippen MR) is 94.5 cm³/mol. The fourth-order valence-corrected chi connectivity index (χ4v) is 12.0. The molecule has 0 aliphatic heterocycles. The molecular weight excluding hydrogens is 375 g/mol. The van der Waals surface area contributed by atoms with Crippen LogP contribution in [0.3, 0.4) is 0 Å². The van der Waals surface area contributed by atoms with Crippen molar-refractivity contribution >= 4 is 31.6 Å². The van der Waals surface area contributed by atoms with Crippen LogP contribution in [0.2, 0.25) is 0 Å². The van der Waals surface area contributed by atoms with Gasteiger partial charge in [-0.05, 0) is 74.0 Å². The molecule has 0 spiro atoms. The molecule has 3 heteroatoms. The van der Waals surface area contributed by atoms with Crippen molar-refractivity contribution in [1.29, 1.82) is 0 Å². The quantitative estimate of drug-likeness (QED) is 0.489. The minimum absolute atomic E-state index is 0. The van der Waals surface area contributed by atoms with E-state index >= 15 is 0 Å². The molecule has 124 valence electrons. The summed E-state index contributed by atoms with van der Waals surface area (Å²) in [4.78, 5) is 0. The Kier molecular flexibility index (Phi) is 4.79. The zero-order valence-corrected chi connectivity index (χ0v) is 18.4. The summed E-state index contributed by atoms with van der Waals surface area (Å²) in [6.07, 6.45) is 19.6. The van der Waals surface area contributed by atoms with Crippen molar-refractivity contribution in [3.8, 4) is 0 Å². The third-order valence-corrected chi connectivity index (χ3v) is 10.5. The first kappa shape index (κ1) is 18.1. The second-order valence-corrected chi connectivity index (χ2v) is 12.5.